The van der Waals surface area contributed by atoms with Crippen LogP contribution in [0, 0.1) is 0 Å². The van der Waals surface area contributed by atoms with Gasteiger partial charge in [0.05, 0.1) is 17.8 Å². The van der Waals surface area contributed by atoms with E-state index in [1.54, 1.807) is 0 Å². The molecule has 0 aliphatic rings. The van der Waals surface area contributed by atoms with Gasteiger partial charge in [-0.3, -0.25) is 9.48 Å². The largest absolute Gasteiger partial charge is 0.378 e. The highest BCUT2D eigenvalue weighted by molar-refractivity contribution is 5.94. The van der Waals surface area contributed by atoms with E-state index in [-0.39, 0.29) is 5.91 Å². The van der Waals surface area contributed by atoms with Gasteiger partial charge in [0, 0.05) is 37.3 Å². The number of hydrogen-bond donors (Lipinski definition) is 1. The number of benzene rings is 2. The summed E-state index contributed by atoms with van der Waals surface area (Å²) in [5, 5.41) is 8.66. The van der Waals surface area contributed by atoms with Gasteiger partial charge in [0.2, 0.25) is 0 Å². The van der Waals surface area contributed by atoms with Gasteiger partial charge in [0.1, 0.15) is 0 Å². The average Bonchev–Trinajstić information content (AvgIpc) is 2.98. The lowest BCUT2D eigenvalue weighted by Crippen LogP contribution is -2.23. The molecule has 0 spiro atoms. The Balaban J connectivity index is 1.75. The van der Waals surface area contributed by atoms with Crippen LogP contribution in [0.2, 0.25) is 0 Å². The van der Waals surface area contributed by atoms with Crippen LogP contribution in [0.3, 0.4) is 0 Å². The summed E-state index contributed by atoms with van der Waals surface area (Å²) in [6.45, 7) is 3.29. The zero-order valence-electron chi connectivity index (χ0n) is 14.3. The Morgan fingerprint density at radius 1 is 1.12 bits per heavy atom. The Morgan fingerprint density at radius 2 is 1.83 bits per heavy atom. The summed E-state index contributed by atoms with van der Waals surface area (Å²) in [4.78, 5) is 14.4. The normalized spacial score (nSPS) is 10.8. The number of carbonyl (C=O) groups is 1. The lowest BCUT2D eigenvalue weighted by atomic mass is 10.1. The first-order chi connectivity index (χ1) is 11.6. The minimum Gasteiger partial charge on any atom is -0.378 e. The lowest BCUT2D eigenvalue weighted by Gasteiger charge is -2.12. The molecular weight excluding hydrogens is 300 g/mol. The number of nitrogens with one attached hydrogen (secondary N) is 1. The molecule has 2 aromatic carbocycles. The minimum absolute atomic E-state index is 0.0876. The number of hydrogen-bond acceptors (Lipinski definition) is 3. The summed E-state index contributed by atoms with van der Waals surface area (Å²) >= 11 is 0. The van der Waals surface area contributed by atoms with Crippen molar-refractivity contribution in [2.45, 2.75) is 20.0 Å². The smallest absolute Gasteiger partial charge is 0.251 e. The molecule has 0 saturated carbocycles. The second-order valence-corrected chi connectivity index (χ2v) is 5.90. The van der Waals surface area contributed by atoms with E-state index in [1.807, 2.05) is 66.1 Å². The van der Waals surface area contributed by atoms with Gasteiger partial charge in [-0.05, 0) is 37.3 Å². The molecule has 24 heavy (non-hydrogen) atoms. The average molecular weight is 322 g/mol. The molecular formula is C19H22N4O. The maximum absolute atomic E-state index is 12.4. The Bertz CT molecular complexity index is 849. The van der Waals surface area contributed by atoms with Gasteiger partial charge in [-0.2, -0.15) is 5.10 Å². The Hall–Kier alpha value is -2.82. The van der Waals surface area contributed by atoms with Crippen molar-refractivity contribution in [1.29, 1.82) is 0 Å². The third kappa shape index (κ3) is 3.11. The highest BCUT2D eigenvalue weighted by Crippen LogP contribution is 2.18. The fourth-order valence-corrected chi connectivity index (χ4v) is 2.74. The summed E-state index contributed by atoms with van der Waals surface area (Å²) in [7, 11) is 3.95. The van der Waals surface area contributed by atoms with Crippen molar-refractivity contribution in [2.75, 3.05) is 19.0 Å². The first-order valence-electron chi connectivity index (χ1n) is 8.10. The molecule has 0 saturated heterocycles. The predicted molar refractivity (Wildman–Crippen MR) is 97.3 cm³/mol. The molecule has 0 bridgehead atoms. The van der Waals surface area contributed by atoms with Crippen molar-refractivity contribution in [1.82, 2.24) is 15.1 Å². The van der Waals surface area contributed by atoms with Crippen molar-refractivity contribution in [3.8, 4) is 0 Å². The predicted octanol–water partition coefficient (Wildman–Crippen LogP) is 3.05. The minimum atomic E-state index is -0.0876. The monoisotopic (exact) mass is 322 g/mol. The summed E-state index contributed by atoms with van der Waals surface area (Å²) in [6, 6.07) is 15.7. The molecule has 0 atom stereocenters. The molecule has 5 nitrogen and oxygen atoms in total. The number of fused-ring (bicyclic) bond motifs is 1. The van der Waals surface area contributed by atoms with Crippen molar-refractivity contribution in [2.24, 2.45) is 0 Å². The standard InChI is InChI=1S/C19H22N4O/c1-4-23-18-8-6-5-7-16(18)17(21-23)13-20-19(24)14-9-11-15(12-10-14)22(2)3/h5-12H,4,13H2,1-3H3,(H,20,24). The van der Waals surface area contributed by atoms with Crippen LogP contribution in [0.1, 0.15) is 23.0 Å². The van der Waals surface area contributed by atoms with E-state index < -0.39 is 0 Å². The highest BCUT2D eigenvalue weighted by Gasteiger charge is 2.11. The van der Waals surface area contributed by atoms with Crippen LogP contribution in [0.4, 0.5) is 5.69 Å². The molecule has 5 heteroatoms. The summed E-state index contributed by atoms with van der Waals surface area (Å²) < 4.78 is 1.96. The first kappa shape index (κ1) is 16.1. The zero-order chi connectivity index (χ0) is 17.1. The van der Waals surface area contributed by atoms with Gasteiger partial charge in [0.25, 0.3) is 5.91 Å². The van der Waals surface area contributed by atoms with Crippen LogP contribution in [0.25, 0.3) is 10.9 Å². The maximum atomic E-state index is 12.4. The molecule has 3 rings (SSSR count). The zero-order valence-corrected chi connectivity index (χ0v) is 14.3. The van der Waals surface area contributed by atoms with E-state index in [0.717, 1.165) is 28.8 Å². The summed E-state index contributed by atoms with van der Waals surface area (Å²) in [5.74, 6) is -0.0876. The third-order valence-electron chi connectivity index (χ3n) is 4.10. The summed E-state index contributed by atoms with van der Waals surface area (Å²) in [5.41, 5.74) is 3.71. The van der Waals surface area contributed by atoms with Crippen molar-refractivity contribution in [3.05, 3.63) is 59.8 Å². The van der Waals surface area contributed by atoms with Gasteiger partial charge in [-0.1, -0.05) is 18.2 Å². The number of aromatic nitrogens is 2. The molecule has 1 amide bonds. The van der Waals surface area contributed by atoms with E-state index >= 15 is 0 Å². The molecule has 0 aliphatic heterocycles. The second-order valence-electron chi connectivity index (χ2n) is 5.90. The van der Waals surface area contributed by atoms with Crippen LogP contribution >= 0.6 is 0 Å². The van der Waals surface area contributed by atoms with Crippen LogP contribution in [0.5, 0.6) is 0 Å². The second kappa shape index (κ2) is 6.74. The third-order valence-corrected chi connectivity index (χ3v) is 4.10. The van der Waals surface area contributed by atoms with E-state index in [1.165, 1.54) is 0 Å². The Kier molecular flexibility index (Phi) is 4.51. The molecule has 0 unspecified atom stereocenters. The van der Waals surface area contributed by atoms with Gasteiger partial charge in [0.15, 0.2) is 0 Å². The molecule has 1 N–H and O–H groups in total. The van der Waals surface area contributed by atoms with Gasteiger partial charge in [-0.15, -0.1) is 0 Å². The van der Waals surface area contributed by atoms with Crippen molar-refractivity contribution >= 4 is 22.5 Å². The van der Waals surface area contributed by atoms with Crippen molar-refractivity contribution < 1.29 is 4.79 Å². The quantitative estimate of drug-likeness (QED) is 0.785. The fourth-order valence-electron chi connectivity index (χ4n) is 2.74. The number of nitrogens with zero attached hydrogens (tertiary/aromatic N) is 3. The first-order valence-corrected chi connectivity index (χ1v) is 8.10. The van der Waals surface area contributed by atoms with Gasteiger partial charge in [-0.25, -0.2) is 0 Å². The Labute approximate surface area is 141 Å². The highest BCUT2D eigenvalue weighted by atomic mass is 16.1. The molecule has 0 aliphatic carbocycles. The number of aryl methyl sites for hydroxylation is 1. The molecule has 1 aromatic heterocycles. The number of rotatable bonds is 5. The maximum Gasteiger partial charge on any atom is 0.251 e. The number of carbonyl (C=O) groups excluding carboxylic acids is 1. The number of amides is 1. The van der Waals surface area contributed by atoms with Crippen LogP contribution in [0.15, 0.2) is 48.5 Å². The number of anilines is 1. The van der Waals surface area contributed by atoms with Crippen molar-refractivity contribution in [3.63, 3.8) is 0 Å². The lowest BCUT2D eigenvalue weighted by molar-refractivity contribution is 0.0950. The molecule has 3 aromatic rings. The van der Waals surface area contributed by atoms with Gasteiger partial charge >= 0.3 is 0 Å². The molecule has 124 valence electrons. The van der Waals surface area contributed by atoms with E-state index in [9.17, 15) is 4.79 Å². The SMILES string of the molecule is CCn1nc(CNC(=O)c2ccc(N(C)C)cc2)c2ccccc21. The topological polar surface area (TPSA) is 50.2 Å². The van der Waals surface area contributed by atoms with E-state index in [0.29, 0.717) is 12.1 Å². The molecule has 0 fully saturated rings. The molecule has 1 heterocycles. The van der Waals surface area contributed by atoms with Gasteiger partial charge < -0.3 is 10.2 Å². The summed E-state index contributed by atoms with van der Waals surface area (Å²) in [6.07, 6.45) is 0. The van der Waals surface area contributed by atoms with Crippen LogP contribution in [-0.2, 0) is 13.1 Å². The van der Waals surface area contributed by atoms with E-state index in [2.05, 4.69) is 23.4 Å². The number of para-hydroxylation sites is 1. The molecule has 0 radical (unpaired) electrons. The fraction of sp³-hybridized carbons (Fsp3) is 0.263. The van der Waals surface area contributed by atoms with Crippen LogP contribution < -0.4 is 10.2 Å². The Morgan fingerprint density at radius 3 is 2.50 bits per heavy atom. The van der Waals surface area contributed by atoms with E-state index in [4.69, 9.17) is 0 Å². The van der Waals surface area contributed by atoms with Crippen LogP contribution in [-0.4, -0.2) is 29.8 Å².